The van der Waals surface area contributed by atoms with Crippen molar-refractivity contribution in [1.82, 2.24) is 9.99 Å². The number of hydrogen-bond donors (Lipinski definition) is 2. The molecule has 0 spiro atoms. The van der Waals surface area contributed by atoms with Crippen LogP contribution in [0.15, 0.2) is 42.1 Å². The van der Waals surface area contributed by atoms with E-state index in [4.69, 9.17) is 18.5 Å². The first-order valence-electron chi connectivity index (χ1n) is 12.0. The van der Waals surface area contributed by atoms with Crippen molar-refractivity contribution in [2.24, 2.45) is 0 Å². The zero-order valence-electron chi connectivity index (χ0n) is 20.4. The van der Waals surface area contributed by atoms with Crippen molar-refractivity contribution in [2.75, 3.05) is 6.61 Å². The Morgan fingerprint density at radius 1 is 1.30 bits per heavy atom. The predicted molar refractivity (Wildman–Crippen MR) is 127 cm³/mol. The average molecular weight is 540 g/mol. The number of rotatable bonds is 10. The normalized spacial score (nSPS) is 28.8. The summed E-state index contributed by atoms with van der Waals surface area (Å²) in [7, 11) is -4.27. The highest BCUT2D eigenvalue weighted by molar-refractivity contribution is 7.52. The maximum Gasteiger partial charge on any atom is 0.459 e. The number of esters is 1. The maximum atomic E-state index is 14.9. The molecule has 0 radical (unpaired) electrons. The highest BCUT2D eigenvalue weighted by Crippen LogP contribution is 2.46. The van der Waals surface area contributed by atoms with Gasteiger partial charge in [-0.1, -0.05) is 18.2 Å². The van der Waals surface area contributed by atoms with Crippen LogP contribution in [0.4, 0.5) is 4.39 Å². The van der Waals surface area contributed by atoms with Crippen molar-refractivity contribution in [3.05, 3.63) is 42.1 Å². The van der Waals surface area contributed by atoms with Crippen LogP contribution >= 0.6 is 7.75 Å². The van der Waals surface area contributed by atoms with E-state index in [0.29, 0.717) is 0 Å². The molecule has 2 fully saturated rings. The lowest BCUT2D eigenvalue weighted by atomic mass is 9.96. The summed E-state index contributed by atoms with van der Waals surface area (Å²) in [5.74, 6) is -1.51. The summed E-state index contributed by atoms with van der Waals surface area (Å²) in [6.45, 7) is 2.34. The molecule has 1 amide bonds. The summed E-state index contributed by atoms with van der Waals surface area (Å²) in [6, 6.07) is 7.00. The van der Waals surface area contributed by atoms with Gasteiger partial charge in [-0.25, -0.2) is 8.96 Å². The molecular weight excluding hydrogens is 510 g/mol. The van der Waals surface area contributed by atoms with E-state index in [9.17, 15) is 28.4 Å². The zero-order valence-corrected chi connectivity index (χ0v) is 21.3. The van der Waals surface area contributed by atoms with Crippen LogP contribution in [0.25, 0.3) is 0 Å². The van der Waals surface area contributed by atoms with Crippen LogP contribution in [-0.4, -0.2) is 71.0 Å². The number of nitrogens with one attached hydrogen (secondary N) is 1. The van der Waals surface area contributed by atoms with Crippen molar-refractivity contribution < 1.29 is 47.0 Å². The van der Waals surface area contributed by atoms with Gasteiger partial charge in [-0.05, 0) is 45.2 Å². The topological polar surface area (TPSA) is 141 Å². The lowest BCUT2D eigenvalue weighted by molar-refractivity contribution is -0.154. The summed E-state index contributed by atoms with van der Waals surface area (Å²) < 4.78 is 50.5. The van der Waals surface area contributed by atoms with Gasteiger partial charge < -0.3 is 19.1 Å². The van der Waals surface area contributed by atoms with Crippen molar-refractivity contribution in [3.8, 4) is 5.75 Å². The number of carbonyl (C=O) groups is 3. The fourth-order valence-electron chi connectivity index (χ4n) is 3.93. The molecule has 1 saturated carbocycles. The molecular formula is C24H30FN2O9P. The third-order valence-electron chi connectivity index (χ3n) is 6.36. The van der Waals surface area contributed by atoms with Gasteiger partial charge in [0.2, 0.25) is 5.91 Å². The molecule has 4 rings (SSSR count). The van der Waals surface area contributed by atoms with Crippen molar-refractivity contribution in [2.45, 2.75) is 76.3 Å². The molecule has 2 aliphatic heterocycles. The number of ketones is 1. The minimum atomic E-state index is -4.27. The number of para-hydroxylation sites is 1. The fraction of sp³-hybridized carbons (Fsp3) is 0.542. The Bertz CT molecular complexity index is 1100. The van der Waals surface area contributed by atoms with Gasteiger partial charge in [-0.15, -0.1) is 0 Å². The van der Waals surface area contributed by atoms with Gasteiger partial charge in [-0.3, -0.25) is 23.8 Å². The summed E-state index contributed by atoms with van der Waals surface area (Å²) >= 11 is 0. The standard InChI is InChI=1S/C24H30FN2O9P/c1-14-12-27(20(29)11-18(14)28)23-21(25)22(30)19(35-23)13-33-37(32,36-17-7-4-3-5-8-17)26-15(2)24(31)34-16-9-6-10-16/h3-5,7-8,12,15-16,19,21-23,30H,6,9-11,13H2,1-2H3,(H,26,32)/t15-,19-,21+,22-,23-,37-/m0/s1. The van der Waals surface area contributed by atoms with E-state index in [0.717, 1.165) is 24.2 Å². The molecule has 13 heteroatoms. The van der Waals surface area contributed by atoms with E-state index < -0.39 is 63.3 Å². The molecule has 1 aromatic rings. The van der Waals surface area contributed by atoms with E-state index in [1.165, 1.54) is 32.2 Å². The zero-order chi connectivity index (χ0) is 26.7. The lowest BCUT2D eigenvalue weighted by Crippen LogP contribution is -2.45. The molecule has 202 valence electrons. The predicted octanol–water partition coefficient (Wildman–Crippen LogP) is 2.39. The van der Waals surface area contributed by atoms with Crippen LogP contribution in [0.3, 0.4) is 0 Å². The van der Waals surface area contributed by atoms with Gasteiger partial charge in [0.1, 0.15) is 30.1 Å². The number of hydrogen-bond acceptors (Lipinski definition) is 9. The van der Waals surface area contributed by atoms with Gasteiger partial charge in [0.15, 0.2) is 18.2 Å². The molecule has 11 nitrogen and oxygen atoms in total. The number of allylic oxidation sites excluding steroid dienone is 1. The molecule has 0 bridgehead atoms. The monoisotopic (exact) mass is 540 g/mol. The summed E-state index contributed by atoms with van der Waals surface area (Å²) in [5, 5.41) is 13.0. The number of ether oxygens (including phenoxy) is 2. The van der Waals surface area contributed by atoms with E-state index in [1.54, 1.807) is 18.2 Å². The highest BCUT2D eigenvalue weighted by atomic mass is 31.2. The van der Waals surface area contributed by atoms with Crippen LogP contribution in [0.5, 0.6) is 5.75 Å². The molecule has 2 N–H and O–H groups in total. The quantitative estimate of drug-likeness (QED) is 0.258. The molecule has 6 atom stereocenters. The van der Waals surface area contributed by atoms with Gasteiger partial charge in [0, 0.05) is 11.8 Å². The minimum absolute atomic E-state index is 0.177. The first-order valence-corrected chi connectivity index (χ1v) is 13.6. The lowest BCUT2D eigenvalue weighted by Gasteiger charge is -2.29. The van der Waals surface area contributed by atoms with E-state index >= 15 is 0 Å². The Balaban J connectivity index is 1.44. The van der Waals surface area contributed by atoms with Gasteiger partial charge >= 0.3 is 13.7 Å². The van der Waals surface area contributed by atoms with E-state index in [-0.39, 0.29) is 23.2 Å². The molecule has 0 unspecified atom stereocenters. The summed E-state index contributed by atoms with van der Waals surface area (Å²) in [4.78, 5) is 37.4. The van der Waals surface area contributed by atoms with Crippen LogP contribution in [0, 0.1) is 0 Å². The van der Waals surface area contributed by atoms with Gasteiger partial charge in [-0.2, -0.15) is 5.09 Å². The summed E-state index contributed by atoms with van der Waals surface area (Å²) in [6.07, 6.45) is -3.53. The Kier molecular flexibility index (Phi) is 8.45. The van der Waals surface area contributed by atoms with E-state index in [1.807, 2.05) is 0 Å². The number of nitrogens with zero attached hydrogens (tertiary/aromatic N) is 1. The molecule has 2 heterocycles. The number of halogens is 1. The number of amides is 1. The second kappa shape index (κ2) is 11.4. The van der Waals surface area contributed by atoms with Gasteiger partial charge in [0.25, 0.3) is 0 Å². The van der Waals surface area contributed by atoms with Gasteiger partial charge in [0.05, 0.1) is 13.0 Å². The Morgan fingerprint density at radius 3 is 2.65 bits per heavy atom. The second-order valence-electron chi connectivity index (χ2n) is 9.25. The molecule has 1 saturated heterocycles. The SMILES string of the molecule is CC1=CN([C@H]2O[C@@H](CO[P@@](=O)(N[C@@H](C)C(=O)OC3CCC3)Oc3ccccc3)[C@H](O)[C@H]2F)C(=O)CC1=O. The van der Waals surface area contributed by atoms with Crippen molar-refractivity contribution >= 4 is 25.4 Å². The Morgan fingerprint density at radius 2 is 2.00 bits per heavy atom. The highest BCUT2D eigenvalue weighted by Gasteiger charge is 2.49. The number of Topliss-reactive ketones (excluding diaryl/α,β-unsaturated/α-hetero) is 1. The van der Waals surface area contributed by atoms with Crippen LogP contribution < -0.4 is 9.61 Å². The fourth-order valence-corrected chi connectivity index (χ4v) is 5.43. The largest absolute Gasteiger partial charge is 0.461 e. The number of aliphatic hydroxyl groups excluding tert-OH is 1. The van der Waals surface area contributed by atoms with Crippen LogP contribution in [-0.2, 0) is 32.9 Å². The van der Waals surface area contributed by atoms with Crippen LogP contribution in [0.1, 0.15) is 39.5 Å². The first-order chi connectivity index (χ1) is 17.6. The number of alkyl halides is 1. The smallest absolute Gasteiger partial charge is 0.459 e. The molecule has 0 aromatic heterocycles. The number of aliphatic hydroxyl groups is 1. The summed E-state index contributed by atoms with van der Waals surface area (Å²) in [5.41, 5.74) is 0.248. The molecule has 37 heavy (non-hydrogen) atoms. The molecule has 3 aliphatic rings. The van der Waals surface area contributed by atoms with Crippen LogP contribution in [0.2, 0.25) is 0 Å². The Labute approximate surface area is 213 Å². The van der Waals surface area contributed by atoms with Crippen molar-refractivity contribution in [1.29, 1.82) is 0 Å². The van der Waals surface area contributed by atoms with Crippen molar-refractivity contribution in [3.63, 3.8) is 0 Å². The van der Waals surface area contributed by atoms with E-state index in [2.05, 4.69) is 5.09 Å². The Hall–Kier alpha value is -2.63. The average Bonchev–Trinajstić information content (AvgIpc) is 3.11. The number of benzene rings is 1. The third kappa shape index (κ3) is 6.45. The minimum Gasteiger partial charge on any atom is -0.461 e. The maximum absolute atomic E-state index is 14.9. The second-order valence-corrected chi connectivity index (χ2v) is 10.9. The molecule has 1 aromatic carbocycles. The molecule has 1 aliphatic carbocycles. The third-order valence-corrected chi connectivity index (χ3v) is 8.00. The first kappa shape index (κ1) is 27.4. The number of carbonyl (C=O) groups excluding carboxylic acids is 3.